The molecule has 1 aromatic heterocycles. The second-order valence-corrected chi connectivity index (χ2v) is 6.21. The Kier molecular flexibility index (Phi) is 4.60. The smallest absolute Gasteiger partial charge is 0.275 e. The molecule has 6 heteroatoms. The first-order valence-electron chi connectivity index (χ1n) is 6.97. The maximum absolute atomic E-state index is 12.2. The van der Waals surface area contributed by atoms with Crippen LogP contribution in [0, 0.1) is 6.92 Å². The van der Waals surface area contributed by atoms with Crippen molar-refractivity contribution in [2.75, 3.05) is 10.6 Å². The van der Waals surface area contributed by atoms with Gasteiger partial charge in [-0.25, -0.2) is 4.98 Å². The molecule has 0 radical (unpaired) electrons. The Bertz CT molecular complexity index is 833. The fourth-order valence-corrected chi connectivity index (χ4v) is 2.84. The Hall–Kier alpha value is -2.37. The van der Waals surface area contributed by atoms with E-state index in [1.165, 1.54) is 11.3 Å². The Morgan fingerprint density at radius 2 is 1.91 bits per heavy atom. The summed E-state index contributed by atoms with van der Waals surface area (Å²) in [5.41, 5.74) is 2.91. The molecule has 0 saturated heterocycles. The highest BCUT2D eigenvalue weighted by molar-refractivity contribution is 7.14. The van der Waals surface area contributed by atoms with Gasteiger partial charge in [0.2, 0.25) is 0 Å². The summed E-state index contributed by atoms with van der Waals surface area (Å²) in [4.78, 5) is 16.5. The molecule has 0 fully saturated rings. The van der Waals surface area contributed by atoms with Crippen molar-refractivity contribution in [3.05, 3.63) is 70.2 Å². The van der Waals surface area contributed by atoms with Crippen LogP contribution in [-0.2, 0) is 0 Å². The van der Waals surface area contributed by atoms with Gasteiger partial charge in [-0.3, -0.25) is 4.79 Å². The summed E-state index contributed by atoms with van der Waals surface area (Å²) in [7, 11) is 0. The number of nitrogens with one attached hydrogen (secondary N) is 2. The fraction of sp³-hybridized carbons (Fsp3) is 0.0588. The van der Waals surface area contributed by atoms with Crippen LogP contribution in [0.15, 0.2) is 53.9 Å². The normalized spacial score (nSPS) is 10.3. The first-order valence-corrected chi connectivity index (χ1v) is 8.23. The molecule has 2 N–H and O–H groups in total. The van der Waals surface area contributed by atoms with Gasteiger partial charge in [-0.1, -0.05) is 35.9 Å². The van der Waals surface area contributed by atoms with Crippen molar-refractivity contribution in [3.63, 3.8) is 0 Å². The largest absolute Gasteiger partial charge is 0.332 e. The zero-order chi connectivity index (χ0) is 16.2. The van der Waals surface area contributed by atoms with Crippen LogP contribution in [0.5, 0.6) is 0 Å². The van der Waals surface area contributed by atoms with Crippen molar-refractivity contribution in [2.45, 2.75) is 6.92 Å². The van der Waals surface area contributed by atoms with E-state index >= 15 is 0 Å². The molecule has 3 aromatic rings. The number of halogens is 1. The molecule has 0 aliphatic carbocycles. The minimum Gasteiger partial charge on any atom is -0.332 e. The zero-order valence-corrected chi connectivity index (χ0v) is 13.9. The van der Waals surface area contributed by atoms with Crippen LogP contribution < -0.4 is 10.6 Å². The Labute approximate surface area is 143 Å². The van der Waals surface area contributed by atoms with Crippen molar-refractivity contribution >= 4 is 45.4 Å². The van der Waals surface area contributed by atoms with Crippen LogP contribution in [0.4, 0.5) is 16.5 Å². The summed E-state index contributed by atoms with van der Waals surface area (Å²) in [6, 6.07) is 15.1. The van der Waals surface area contributed by atoms with Gasteiger partial charge in [0.25, 0.3) is 5.91 Å². The lowest BCUT2D eigenvalue weighted by Gasteiger charge is -2.05. The molecule has 0 aliphatic rings. The minimum atomic E-state index is -0.262. The average Bonchev–Trinajstić information content (AvgIpc) is 3.00. The molecule has 4 nitrogen and oxygen atoms in total. The Balaban J connectivity index is 1.69. The highest BCUT2D eigenvalue weighted by Gasteiger charge is 2.11. The fourth-order valence-electron chi connectivity index (χ4n) is 1.95. The number of carbonyl (C=O) groups excluding carboxylic acids is 1. The molecular weight excluding hydrogens is 330 g/mol. The SMILES string of the molecule is Cc1ccc(NC(=O)c2csc(Nc3ccccc3)n2)cc1Cl. The Morgan fingerprint density at radius 3 is 2.65 bits per heavy atom. The molecule has 1 heterocycles. The number of hydrogen-bond acceptors (Lipinski definition) is 4. The molecule has 0 saturated carbocycles. The second-order valence-electron chi connectivity index (χ2n) is 4.95. The van der Waals surface area contributed by atoms with E-state index in [4.69, 9.17) is 11.6 Å². The molecule has 0 aliphatic heterocycles. The van der Waals surface area contributed by atoms with Gasteiger partial charge in [-0.05, 0) is 36.8 Å². The van der Waals surface area contributed by atoms with Crippen LogP contribution in [0.1, 0.15) is 16.1 Å². The van der Waals surface area contributed by atoms with E-state index in [2.05, 4.69) is 15.6 Å². The first-order chi connectivity index (χ1) is 11.1. The molecule has 1 amide bonds. The number of rotatable bonds is 4. The highest BCUT2D eigenvalue weighted by Crippen LogP contribution is 2.23. The van der Waals surface area contributed by atoms with Gasteiger partial charge in [0.15, 0.2) is 5.13 Å². The van der Waals surface area contributed by atoms with Crippen molar-refractivity contribution in [1.82, 2.24) is 4.98 Å². The van der Waals surface area contributed by atoms with Crippen LogP contribution in [0.3, 0.4) is 0 Å². The molecule has 0 atom stereocenters. The molecule has 3 rings (SSSR count). The first kappa shape index (κ1) is 15.5. The number of hydrogen-bond donors (Lipinski definition) is 2. The molecule has 116 valence electrons. The number of amides is 1. The lowest BCUT2D eigenvalue weighted by molar-refractivity contribution is 0.102. The Morgan fingerprint density at radius 1 is 1.13 bits per heavy atom. The van der Waals surface area contributed by atoms with Gasteiger partial charge in [-0.15, -0.1) is 11.3 Å². The van der Waals surface area contributed by atoms with E-state index in [-0.39, 0.29) is 5.91 Å². The summed E-state index contributed by atoms with van der Waals surface area (Å²) in [5, 5.41) is 8.97. The van der Waals surface area contributed by atoms with Gasteiger partial charge in [0.1, 0.15) is 5.69 Å². The van der Waals surface area contributed by atoms with E-state index in [0.29, 0.717) is 21.5 Å². The summed E-state index contributed by atoms with van der Waals surface area (Å²) in [5.74, 6) is -0.262. The van der Waals surface area contributed by atoms with Gasteiger partial charge in [0, 0.05) is 21.8 Å². The third-order valence-electron chi connectivity index (χ3n) is 3.19. The summed E-state index contributed by atoms with van der Waals surface area (Å²) in [6.45, 7) is 1.91. The number of aryl methyl sites for hydroxylation is 1. The number of nitrogens with zero attached hydrogens (tertiary/aromatic N) is 1. The predicted molar refractivity (Wildman–Crippen MR) is 96.0 cm³/mol. The molecule has 23 heavy (non-hydrogen) atoms. The predicted octanol–water partition coefficient (Wildman–Crippen LogP) is 5.10. The molecule has 0 spiro atoms. The third-order valence-corrected chi connectivity index (χ3v) is 4.36. The number of benzene rings is 2. The number of carbonyl (C=O) groups is 1. The summed E-state index contributed by atoms with van der Waals surface area (Å²) >= 11 is 7.44. The molecule has 0 bridgehead atoms. The van der Waals surface area contributed by atoms with E-state index in [1.807, 2.05) is 49.4 Å². The quantitative estimate of drug-likeness (QED) is 0.692. The van der Waals surface area contributed by atoms with Gasteiger partial charge in [-0.2, -0.15) is 0 Å². The number of anilines is 3. The van der Waals surface area contributed by atoms with E-state index in [9.17, 15) is 4.79 Å². The van der Waals surface area contributed by atoms with Crippen LogP contribution in [0.2, 0.25) is 5.02 Å². The molecular formula is C17H14ClN3OS. The zero-order valence-electron chi connectivity index (χ0n) is 12.3. The maximum atomic E-state index is 12.2. The van der Waals surface area contributed by atoms with Crippen LogP contribution in [0.25, 0.3) is 0 Å². The van der Waals surface area contributed by atoms with Crippen molar-refractivity contribution in [1.29, 1.82) is 0 Å². The molecule has 2 aromatic carbocycles. The van der Waals surface area contributed by atoms with E-state index in [0.717, 1.165) is 11.3 Å². The van der Waals surface area contributed by atoms with Crippen LogP contribution in [-0.4, -0.2) is 10.9 Å². The average molecular weight is 344 g/mol. The summed E-state index contributed by atoms with van der Waals surface area (Å²) in [6.07, 6.45) is 0. The third kappa shape index (κ3) is 3.88. The standard InChI is InChI=1S/C17H14ClN3OS/c1-11-7-8-13(9-14(11)18)19-16(22)15-10-23-17(21-15)20-12-5-3-2-4-6-12/h2-10H,1H3,(H,19,22)(H,20,21). The van der Waals surface area contributed by atoms with E-state index < -0.39 is 0 Å². The number of aromatic nitrogens is 1. The second kappa shape index (κ2) is 6.81. The maximum Gasteiger partial charge on any atom is 0.275 e. The number of thiazole rings is 1. The minimum absolute atomic E-state index is 0.262. The van der Waals surface area contributed by atoms with Gasteiger partial charge < -0.3 is 10.6 Å². The number of para-hydroxylation sites is 1. The lowest BCUT2D eigenvalue weighted by atomic mass is 10.2. The molecule has 0 unspecified atom stereocenters. The monoisotopic (exact) mass is 343 g/mol. The van der Waals surface area contributed by atoms with Crippen molar-refractivity contribution in [3.8, 4) is 0 Å². The van der Waals surface area contributed by atoms with Crippen LogP contribution >= 0.6 is 22.9 Å². The van der Waals surface area contributed by atoms with E-state index in [1.54, 1.807) is 11.4 Å². The van der Waals surface area contributed by atoms with Crippen molar-refractivity contribution in [2.24, 2.45) is 0 Å². The van der Waals surface area contributed by atoms with Crippen molar-refractivity contribution < 1.29 is 4.79 Å². The lowest BCUT2D eigenvalue weighted by Crippen LogP contribution is -2.12. The summed E-state index contributed by atoms with van der Waals surface area (Å²) < 4.78 is 0. The highest BCUT2D eigenvalue weighted by atomic mass is 35.5. The van der Waals surface area contributed by atoms with Gasteiger partial charge >= 0.3 is 0 Å². The van der Waals surface area contributed by atoms with Gasteiger partial charge in [0.05, 0.1) is 0 Å². The topological polar surface area (TPSA) is 54.0 Å².